The van der Waals surface area contributed by atoms with Crippen LogP contribution in [0.4, 0.5) is 0 Å². The Bertz CT molecular complexity index is 243. The Labute approximate surface area is 91.4 Å². The number of aliphatic carboxylic acids is 1. The summed E-state index contributed by atoms with van der Waals surface area (Å²) in [6.45, 7) is 5.23. The molecule has 15 heavy (non-hydrogen) atoms. The lowest BCUT2D eigenvalue weighted by Crippen LogP contribution is -2.63. The van der Waals surface area contributed by atoms with E-state index < -0.39 is 11.5 Å². The molecule has 2 atom stereocenters. The number of rotatable bonds is 3. The van der Waals surface area contributed by atoms with Gasteiger partial charge in [-0.2, -0.15) is 0 Å². The summed E-state index contributed by atoms with van der Waals surface area (Å²) in [5.41, 5.74) is 5.71. The van der Waals surface area contributed by atoms with Crippen LogP contribution in [-0.2, 0) is 4.79 Å². The van der Waals surface area contributed by atoms with Crippen molar-refractivity contribution < 1.29 is 9.90 Å². The number of hydrogen-bond acceptors (Lipinski definition) is 3. The fourth-order valence-electron chi connectivity index (χ4n) is 3.03. The van der Waals surface area contributed by atoms with Gasteiger partial charge in [0.25, 0.3) is 0 Å². The van der Waals surface area contributed by atoms with Gasteiger partial charge in [-0.1, -0.05) is 13.8 Å². The second kappa shape index (κ2) is 4.49. The molecule has 0 bridgehead atoms. The Morgan fingerprint density at radius 3 is 2.73 bits per heavy atom. The molecule has 4 nitrogen and oxygen atoms in total. The van der Waals surface area contributed by atoms with Crippen LogP contribution in [0.2, 0.25) is 0 Å². The molecule has 0 amide bonds. The third-order valence-electron chi connectivity index (χ3n) is 3.33. The van der Waals surface area contributed by atoms with E-state index in [0.29, 0.717) is 5.92 Å². The van der Waals surface area contributed by atoms with E-state index in [4.69, 9.17) is 10.8 Å². The fourth-order valence-corrected chi connectivity index (χ4v) is 3.03. The van der Waals surface area contributed by atoms with E-state index in [2.05, 4.69) is 18.7 Å². The minimum Gasteiger partial charge on any atom is -0.481 e. The van der Waals surface area contributed by atoms with Gasteiger partial charge in [-0.3, -0.25) is 4.79 Å². The first kappa shape index (κ1) is 12.5. The Balaban J connectivity index is 2.86. The molecular weight excluding hydrogens is 192 g/mol. The van der Waals surface area contributed by atoms with Gasteiger partial charge in [0.2, 0.25) is 0 Å². The van der Waals surface area contributed by atoms with Gasteiger partial charge in [0.1, 0.15) is 0 Å². The first-order chi connectivity index (χ1) is 6.87. The zero-order valence-electron chi connectivity index (χ0n) is 9.86. The summed E-state index contributed by atoms with van der Waals surface area (Å²) in [4.78, 5) is 13.1. The summed E-state index contributed by atoms with van der Waals surface area (Å²) in [6, 6.07) is 0.169. The predicted molar refractivity (Wildman–Crippen MR) is 59.7 cm³/mol. The number of likely N-dealkylation sites (N-methyl/N-ethyl adjacent to an activating group) is 1. The number of carboxylic acid groups (broad SMARTS) is 1. The Morgan fingerprint density at radius 2 is 2.27 bits per heavy atom. The summed E-state index contributed by atoms with van der Waals surface area (Å²) >= 11 is 0. The Kier molecular flexibility index (Phi) is 3.73. The Morgan fingerprint density at radius 1 is 1.67 bits per heavy atom. The van der Waals surface area contributed by atoms with Crippen molar-refractivity contribution >= 4 is 5.97 Å². The molecule has 1 heterocycles. The van der Waals surface area contributed by atoms with Crippen LogP contribution in [-0.4, -0.2) is 41.1 Å². The smallest absolute Gasteiger partial charge is 0.305 e. The lowest BCUT2D eigenvalue weighted by Gasteiger charge is -2.48. The molecule has 4 heteroatoms. The summed E-state index contributed by atoms with van der Waals surface area (Å²) in [7, 11) is 2.04. The van der Waals surface area contributed by atoms with Crippen molar-refractivity contribution in [1.82, 2.24) is 4.90 Å². The van der Waals surface area contributed by atoms with Gasteiger partial charge in [0.05, 0.1) is 6.42 Å². The van der Waals surface area contributed by atoms with Gasteiger partial charge >= 0.3 is 5.97 Å². The zero-order chi connectivity index (χ0) is 11.6. The summed E-state index contributed by atoms with van der Waals surface area (Å²) in [5.74, 6) is -0.405. The van der Waals surface area contributed by atoms with Crippen LogP contribution in [0.3, 0.4) is 0 Å². The molecule has 88 valence electrons. The minimum absolute atomic E-state index is 0.0696. The second-order valence-corrected chi connectivity index (χ2v) is 5.08. The average Bonchev–Trinajstić information content (AvgIpc) is 1.99. The molecule has 1 aliphatic rings. The van der Waals surface area contributed by atoms with Crippen LogP contribution in [0, 0.1) is 5.92 Å². The lowest BCUT2D eigenvalue weighted by atomic mass is 9.75. The van der Waals surface area contributed by atoms with Crippen LogP contribution in [0.1, 0.15) is 33.1 Å². The maximum absolute atomic E-state index is 10.8. The number of hydrogen-bond donors (Lipinski definition) is 2. The molecule has 0 aromatic heterocycles. The SMILES string of the molecule is CC(C)C1N(C)CCCC1(N)CC(=O)O. The fraction of sp³-hybridized carbons (Fsp3) is 0.909. The molecule has 2 unspecified atom stereocenters. The van der Waals surface area contributed by atoms with Gasteiger partial charge in [0.15, 0.2) is 0 Å². The monoisotopic (exact) mass is 214 g/mol. The molecule has 0 aromatic carbocycles. The van der Waals surface area contributed by atoms with Crippen molar-refractivity contribution in [3.8, 4) is 0 Å². The minimum atomic E-state index is -0.793. The Hall–Kier alpha value is -0.610. The molecule has 1 fully saturated rings. The number of likely N-dealkylation sites (tertiary alicyclic amines) is 1. The number of nitrogens with zero attached hydrogens (tertiary/aromatic N) is 1. The van der Waals surface area contributed by atoms with Crippen LogP contribution >= 0.6 is 0 Å². The van der Waals surface area contributed by atoms with E-state index in [1.165, 1.54) is 0 Å². The third kappa shape index (κ3) is 2.69. The van der Waals surface area contributed by atoms with Gasteiger partial charge in [-0.15, -0.1) is 0 Å². The van der Waals surface area contributed by atoms with Gasteiger partial charge in [-0.25, -0.2) is 0 Å². The summed E-state index contributed by atoms with van der Waals surface area (Å²) in [5, 5.41) is 8.92. The highest BCUT2D eigenvalue weighted by Crippen LogP contribution is 2.32. The normalized spacial score (nSPS) is 33.3. The molecule has 0 aliphatic carbocycles. The highest BCUT2D eigenvalue weighted by atomic mass is 16.4. The quantitative estimate of drug-likeness (QED) is 0.733. The van der Waals surface area contributed by atoms with Crippen molar-refractivity contribution in [2.75, 3.05) is 13.6 Å². The second-order valence-electron chi connectivity index (χ2n) is 5.08. The molecule has 1 aliphatic heterocycles. The van der Waals surface area contributed by atoms with Gasteiger partial charge in [0, 0.05) is 11.6 Å². The van der Waals surface area contributed by atoms with Crippen LogP contribution in [0.15, 0.2) is 0 Å². The zero-order valence-corrected chi connectivity index (χ0v) is 9.86. The summed E-state index contributed by atoms with van der Waals surface area (Å²) in [6.07, 6.45) is 1.87. The van der Waals surface area contributed by atoms with E-state index in [1.54, 1.807) is 0 Å². The van der Waals surface area contributed by atoms with E-state index in [1.807, 2.05) is 7.05 Å². The highest BCUT2D eigenvalue weighted by Gasteiger charge is 2.43. The molecule has 1 saturated heterocycles. The van der Waals surface area contributed by atoms with Crippen molar-refractivity contribution in [3.63, 3.8) is 0 Å². The largest absolute Gasteiger partial charge is 0.481 e. The van der Waals surface area contributed by atoms with Gasteiger partial charge in [-0.05, 0) is 32.4 Å². The molecule has 0 saturated carbocycles. The molecule has 1 rings (SSSR count). The first-order valence-corrected chi connectivity index (χ1v) is 5.58. The van der Waals surface area contributed by atoms with Crippen molar-refractivity contribution in [2.24, 2.45) is 11.7 Å². The number of carbonyl (C=O) groups is 1. The van der Waals surface area contributed by atoms with Crippen molar-refractivity contribution in [3.05, 3.63) is 0 Å². The predicted octanol–water partition coefficient (Wildman–Crippen LogP) is 0.909. The number of nitrogens with two attached hydrogens (primary N) is 1. The standard InChI is InChI=1S/C11H22N2O2/c1-8(2)10-11(12,7-9(14)15)5-4-6-13(10)3/h8,10H,4-7,12H2,1-3H3,(H,14,15). The van der Waals surface area contributed by atoms with Crippen LogP contribution in [0.5, 0.6) is 0 Å². The third-order valence-corrected chi connectivity index (χ3v) is 3.33. The maximum Gasteiger partial charge on any atom is 0.305 e. The molecule has 3 N–H and O–H groups in total. The average molecular weight is 214 g/mol. The topological polar surface area (TPSA) is 66.6 Å². The van der Waals surface area contributed by atoms with E-state index in [0.717, 1.165) is 19.4 Å². The molecular formula is C11H22N2O2. The van der Waals surface area contributed by atoms with Gasteiger partial charge < -0.3 is 15.7 Å². The molecule has 0 spiro atoms. The van der Waals surface area contributed by atoms with Crippen molar-refractivity contribution in [1.29, 1.82) is 0 Å². The number of carboxylic acids is 1. The highest BCUT2D eigenvalue weighted by molar-refractivity contribution is 5.68. The van der Waals surface area contributed by atoms with E-state index >= 15 is 0 Å². The van der Waals surface area contributed by atoms with Crippen LogP contribution in [0.25, 0.3) is 0 Å². The molecule has 0 aromatic rings. The molecule has 0 radical (unpaired) electrons. The first-order valence-electron chi connectivity index (χ1n) is 5.58. The maximum atomic E-state index is 10.8. The number of piperidine rings is 1. The van der Waals surface area contributed by atoms with Crippen molar-refractivity contribution in [2.45, 2.75) is 44.7 Å². The lowest BCUT2D eigenvalue weighted by molar-refractivity contribution is -0.139. The van der Waals surface area contributed by atoms with Crippen LogP contribution < -0.4 is 5.73 Å². The summed E-state index contributed by atoms with van der Waals surface area (Å²) < 4.78 is 0. The van der Waals surface area contributed by atoms with E-state index in [-0.39, 0.29) is 12.5 Å². The van der Waals surface area contributed by atoms with E-state index in [9.17, 15) is 4.79 Å².